The van der Waals surface area contributed by atoms with Crippen LogP contribution in [0.3, 0.4) is 0 Å². The van der Waals surface area contributed by atoms with Crippen LogP contribution in [0.2, 0.25) is 0 Å². The Morgan fingerprint density at radius 1 is 0.821 bits per heavy atom. The topological polar surface area (TPSA) is 118 Å². The number of likely N-dealkylation sites (N-methyl/N-ethyl adjacent to an activating group) is 1. The summed E-state index contributed by atoms with van der Waals surface area (Å²) in [6.45, 7) is 7.69. The molecule has 0 aromatic heterocycles. The van der Waals surface area contributed by atoms with Gasteiger partial charge in [0.15, 0.2) is 0 Å². The normalized spacial score (nSPS) is 15.1. The van der Waals surface area contributed by atoms with E-state index >= 15 is 0 Å². The summed E-state index contributed by atoms with van der Waals surface area (Å²) in [5, 5.41) is 41.7. The summed E-state index contributed by atoms with van der Waals surface area (Å²) < 4.78 is 14.7. The van der Waals surface area contributed by atoms with Crippen LogP contribution in [0.5, 0.6) is 0 Å². The van der Waals surface area contributed by atoms with Crippen molar-refractivity contribution in [3.05, 3.63) is 94.5 Å². The van der Waals surface area contributed by atoms with Gasteiger partial charge in [-0.15, -0.1) is 0 Å². The molecule has 0 radical (unpaired) electrons. The number of hydrogen-bond acceptors (Lipinski definition) is 7. The lowest BCUT2D eigenvalue weighted by Gasteiger charge is -2.29. The van der Waals surface area contributed by atoms with Gasteiger partial charge in [0, 0.05) is 29.3 Å². The molecule has 3 aromatic carbocycles. The maximum atomic E-state index is 14.7. The molecule has 39 heavy (non-hydrogen) atoms. The summed E-state index contributed by atoms with van der Waals surface area (Å²) in [6.07, 6.45) is -5.16. The highest BCUT2D eigenvalue weighted by Gasteiger charge is 2.38. The number of benzene rings is 3. The van der Waals surface area contributed by atoms with Gasteiger partial charge in [0.25, 0.3) is 0 Å². The highest BCUT2D eigenvalue weighted by atomic mass is 31.2. The number of nitrogens with zero attached hydrogens (tertiary/aromatic N) is 1. The van der Waals surface area contributed by atoms with Crippen LogP contribution in [0.25, 0.3) is 0 Å². The third-order valence-electron chi connectivity index (χ3n) is 7.35. The van der Waals surface area contributed by atoms with Crippen molar-refractivity contribution in [1.82, 2.24) is 4.90 Å². The van der Waals surface area contributed by atoms with E-state index in [-0.39, 0.29) is 13.0 Å². The van der Waals surface area contributed by atoms with Gasteiger partial charge in [-0.3, -0.25) is 9.69 Å². The summed E-state index contributed by atoms with van der Waals surface area (Å²) in [6, 6.07) is 19.6. The van der Waals surface area contributed by atoms with Crippen LogP contribution in [0.1, 0.15) is 46.0 Å². The molecule has 3 rings (SSSR count). The van der Waals surface area contributed by atoms with Crippen molar-refractivity contribution in [1.29, 1.82) is 0 Å². The van der Waals surface area contributed by atoms with Gasteiger partial charge in [-0.2, -0.15) is 0 Å². The highest BCUT2D eigenvalue weighted by molar-refractivity contribution is 7.93. The average Bonchev–Trinajstić information content (AvgIpc) is 2.94. The highest BCUT2D eigenvalue weighted by Crippen LogP contribution is 2.48. The Morgan fingerprint density at radius 2 is 1.31 bits per heavy atom. The monoisotopic (exact) mass is 553 g/mol. The van der Waals surface area contributed by atoms with Crippen LogP contribution in [0.15, 0.2) is 66.7 Å². The van der Waals surface area contributed by atoms with Crippen LogP contribution >= 0.6 is 7.14 Å². The first-order valence-electron chi connectivity index (χ1n) is 13.2. The zero-order valence-corrected chi connectivity index (χ0v) is 24.2. The summed E-state index contributed by atoms with van der Waals surface area (Å²) in [5.74, 6) is 0. The SMILES string of the molecule is CCC(O)C(O)C(O)C(O)CN(C)Cc1c(C)cc(C)c(C(=O)P(=O)(c2ccccc2)c2ccccc2)c1C. The van der Waals surface area contributed by atoms with E-state index in [4.69, 9.17) is 0 Å². The van der Waals surface area contributed by atoms with Gasteiger partial charge >= 0.3 is 0 Å². The van der Waals surface area contributed by atoms with E-state index in [1.165, 1.54) is 0 Å². The number of hydrogen-bond donors (Lipinski definition) is 4. The molecule has 0 heterocycles. The smallest absolute Gasteiger partial charge is 0.230 e. The second-order valence-electron chi connectivity index (χ2n) is 10.3. The van der Waals surface area contributed by atoms with Gasteiger partial charge in [0.1, 0.15) is 12.2 Å². The predicted octanol–water partition coefficient (Wildman–Crippen LogP) is 3.05. The first kappa shape index (κ1) is 30.9. The second-order valence-corrected chi connectivity index (χ2v) is 13.0. The lowest BCUT2D eigenvalue weighted by atomic mass is 9.93. The van der Waals surface area contributed by atoms with Crippen LogP contribution in [0, 0.1) is 20.8 Å². The van der Waals surface area contributed by atoms with Gasteiger partial charge in [0.05, 0.1) is 12.2 Å². The Hall–Kier alpha value is -2.64. The van der Waals surface area contributed by atoms with Gasteiger partial charge in [-0.1, -0.05) is 73.7 Å². The lowest BCUT2D eigenvalue weighted by molar-refractivity contribution is -0.110. The van der Waals surface area contributed by atoms with E-state index in [0.717, 1.165) is 16.7 Å². The van der Waals surface area contributed by atoms with Crippen molar-refractivity contribution >= 4 is 23.3 Å². The Bertz CT molecular complexity index is 1270. The standard InChI is InChI=1S/C31H40NO6P/c1-6-26(33)29(35)30(36)27(34)19-32(5)18-25-20(2)17-21(3)28(22(25)4)31(37)39(38,23-13-9-7-10-14-23)24-15-11-8-12-16-24/h7-17,26-27,29-30,33-36H,6,18-19H2,1-5H3. The van der Waals surface area contributed by atoms with Crippen molar-refractivity contribution in [2.45, 2.75) is 65.1 Å². The minimum atomic E-state index is -3.70. The maximum Gasteiger partial charge on any atom is 0.230 e. The van der Waals surface area contributed by atoms with Crippen molar-refractivity contribution in [2.75, 3.05) is 13.6 Å². The number of carbonyl (C=O) groups is 1. The summed E-state index contributed by atoms with van der Waals surface area (Å²) in [5.41, 5.74) is 3.25. The summed E-state index contributed by atoms with van der Waals surface area (Å²) >= 11 is 0. The van der Waals surface area contributed by atoms with Crippen LogP contribution in [-0.4, -0.2) is 68.9 Å². The number of carbonyl (C=O) groups excluding carboxylic acids is 1. The van der Waals surface area contributed by atoms with Crippen molar-refractivity contribution in [3.63, 3.8) is 0 Å². The molecular weight excluding hydrogens is 513 g/mol. The predicted molar refractivity (Wildman–Crippen MR) is 155 cm³/mol. The minimum absolute atomic E-state index is 0.0250. The molecular formula is C31H40NO6P. The zero-order valence-electron chi connectivity index (χ0n) is 23.3. The zero-order chi connectivity index (χ0) is 28.9. The third-order valence-corrected chi connectivity index (χ3v) is 10.2. The summed E-state index contributed by atoms with van der Waals surface area (Å²) in [7, 11) is -1.93. The molecule has 0 aliphatic rings. The largest absolute Gasteiger partial charge is 0.390 e. The quantitative estimate of drug-likeness (QED) is 0.255. The molecule has 4 atom stereocenters. The number of rotatable bonds is 12. The van der Waals surface area contributed by atoms with Gasteiger partial charge < -0.3 is 25.0 Å². The van der Waals surface area contributed by atoms with Gasteiger partial charge in [-0.05, 0) is 56.5 Å². The molecule has 0 saturated heterocycles. The molecule has 0 bridgehead atoms. The Balaban J connectivity index is 1.98. The fourth-order valence-corrected chi connectivity index (χ4v) is 7.68. The maximum absolute atomic E-state index is 14.7. The van der Waals surface area contributed by atoms with Crippen molar-refractivity contribution in [3.8, 4) is 0 Å². The molecule has 8 heteroatoms. The molecule has 0 fully saturated rings. The third kappa shape index (κ3) is 6.58. The first-order chi connectivity index (χ1) is 18.4. The lowest BCUT2D eigenvalue weighted by Crippen LogP contribution is -2.48. The molecule has 210 valence electrons. The molecule has 3 aromatic rings. The Morgan fingerprint density at radius 3 is 1.79 bits per heavy atom. The molecule has 7 nitrogen and oxygen atoms in total. The van der Waals surface area contributed by atoms with Crippen LogP contribution < -0.4 is 10.6 Å². The summed E-state index contributed by atoms with van der Waals surface area (Å²) in [4.78, 5) is 16.1. The average molecular weight is 554 g/mol. The first-order valence-corrected chi connectivity index (χ1v) is 14.9. The van der Waals surface area contributed by atoms with Gasteiger partial charge in [0.2, 0.25) is 12.7 Å². The van der Waals surface area contributed by atoms with E-state index in [1.54, 1.807) is 67.4 Å². The van der Waals surface area contributed by atoms with Crippen LogP contribution in [0.4, 0.5) is 0 Å². The van der Waals surface area contributed by atoms with E-state index in [1.807, 2.05) is 39.0 Å². The Kier molecular flexibility index (Phi) is 10.4. The Labute approximate surface area is 231 Å². The van der Waals surface area contributed by atoms with E-state index in [9.17, 15) is 29.8 Å². The number of aliphatic hydroxyl groups excluding tert-OH is 4. The number of aryl methyl sites for hydroxylation is 2. The van der Waals surface area contributed by atoms with E-state index in [0.29, 0.717) is 28.3 Å². The van der Waals surface area contributed by atoms with Crippen LogP contribution in [-0.2, 0) is 11.1 Å². The molecule has 4 unspecified atom stereocenters. The molecule has 0 spiro atoms. The van der Waals surface area contributed by atoms with E-state index < -0.39 is 37.1 Å². The molecule has 0 aliphatic heterocycles. The second kappa shape index (κ2) is 13.1. The van der Waals surface area contributed by atoms with E-state index in [2.05, 4.69) is 0 Å². The molecule has 0 saturated carbocycles. The van der Waals surface area contributed by atoms with Crippen molar-refractivity contribution < 1.29 is 29.8 Å². The molecule has 0 amide bonds. The van der Waals surface area contributed by atoms with Gasteiger partial charge in [-0.25, -0.2) is 0 Å². The number of aliphatic hydroxyl groups is 4. The van der Waals surface area contributed by atoms with Crippen molar-refractivity contribution in [2.24, 2.45) is 0 Å². The minimum Gasteiger partial charge on any atom is -0.390 e. The molecule has 4 N–H and O–H groups in total. The molecule has 0 aliphatic carbocycles. The fraction of sp³-hybridized carbons (Fsp3) is 0.387. The fourth-order valence-electron chi connectivity index (χ4n) is 5.07.